The fraction of sp³-hybridized carbons (Fsp3) is 1.00. The molecule has 0 bridgehead atoms. The van der Waals surface area contributed by atoms with E-state index in [1.54, 1.807) is 25.7 Å². The first-order valence-corrected chi connectivity index (χ1v) is 6.86. The van der Waals surface area contributed by atoms with Crippen molar-refractivity contribution in [3.05, 3.63) is 0 Å². The highest BCUT2D eigenvalue weighted by molar-refractivity contribution is 4.78. The van der Waals surface area contributed by atoms with Crippen molar-refractivity contribution in [3.8, 4) is 0 Å². The molecule has 0 radical (unpaired) electrons. The van der Waals surface area contributed by atoms with Gasteiger partial charge in [0.05, 0.1) is 0 Å². The Hall–Kier alpha value is 0. The van der Waals surface area contributed by atoms with Gasteiger partial charge in [-0.3, -0.25) is 0 Å². The van der Waals surface area contributed by atoms with Gasteiger partial charge in [-0.15, -0.1) is 0 Å². The Balaban J connectivity index is 1.86. The molecule has 0 heterocycles. The Morgan fingerprint density at radius 1 is 0.571 bits per heavy atom. The Labute approximate surface area is 89.5 Å². The smallest absolute Gasteiger partial charge is 0.0386 e. The maximum Gasteiger partial charge on any atom is -0.0386 e. The third-order valence-corrected chi connectivity index (χ3v) is 4.62. The van der Waals surface area contributed by atoms with Crippen LogP contribution in [0.4, 0.5) is 0 Å². The van der Waals surface area contributed by atoms with Gasteiger partial charge in [-0.1, -0.05) is 64.7 Å². The summed E-state index contributed by atoms with van der Waals surface area (Å²) >= 11 is 0. The van der Waals surface area contributed by atoms with Crippen LogP contribution in [0.1, 0.15) is 71.1 Å². The quantitative estimate of drug-likeness (QED) is 0.520. The Morgan fingerprint density at radius 2 is 1.21 bits per heavy atom. The van der Waals surface area contributed by atoms with E-state index in [4.69, 9.17) is 0 Å². The lowest BCUT2D eigenvalue weighted by atomic mass is 9.83. The average Bonchev–Trinajstić information content (AvgIpc) is 2.62. The largest absolute Gasteiger partial charge is 0.0625 e. The summed E-state index contributed by atoms with van der Waals surface area (Å²) in [5.74, 6) is 3.25. The van der Waals surface area contributed by atoms with Crippen LogP contribution >= 0.6 is 0 Å². The highest BCUT2D eigenvalue weighted by atomic mass is 14.3. The summed E-state index contributed by atoms with van der Waals surface area (Å²) in [5.41, 5.74) is 0. The molecular weight excluding hydrogens is 168 g/mol. The van der Waals surface area contributed by atoms with E-state index in [1.807, 2.05) is 0 Å². The van der Waals surface area contributed by atoms with Gasteiger partial charge in [0, 0.05) is 0 Å². The maximum atomic E-state index is 2.46. The van der Waals surface area contributed by atoms with Crippen molar-refractivity contribution in [2.24, 2.45) is 17.8 Å². The maximum absolute atomic E-state index is 2.46. The van der Waals surface area contributed by atoms with Crippen molar-refractivity contribution in [2.45, 2.75) is 71.1 Å². The van der Waals surface area contributed by atoms with Crippen molar-refractivity contribution < 1.29 is 0 Å². The average molecular weight is 194 g/mol. The van der Waals surface area contributed by atoms with Crippen LogP contribution in [-0.4, -0.2) is 0 Å². The van der Waals surface area contributed by atoms with Crippen molar-refractivity contribution in [2.75, 3.05) is 0 Å². The molecule has 2 rings (SSSR count). The monoisotopic (exact) mass is 194 g/mol. The van der Waals surface area contributed by atoms with Crippen LogP contribution in [-0.2, 0) is 0 Å². The van der Waals surface area contributed by atoms with Crippen LogP contribution in [0.15, 0.2) is 0 Å². The van der Waals surface area contributed by atoms with Crippen LogP contribution in [0.5, 0.6) is 0 Å². The van der Waals surface area contributed by atoms with E-state index < -0.39 is 0 Å². The normalized spacial score (nSPS) is 40.5. The molecule has 0 aromatic rings. The number of hydrogen-bond donors (Lipinski definition) is 0. The van der Waals surface area contributed by atoms with E-state index in [1.165, 1.54) is 38.5 Å². The molecule has 0 nitrogen and oxygen atoms in total. The molecule has 2 aliphatic rings. The molecule has 0 amide bonds. The molecule has 2 saturated carbocycles. The van der Waals surface area contributed by atoms with Crippen LogP contribution in [0.2, 0.25) is 0 Å². The van der Waals surface area contributed by atoms with Crippen LogP contribution < -0.4 is 0 Å². The zero-order chi connectivity index (χ0) is 9.80. The molecule has 0 spiro atoms. The lowest BCUT2D eigenvalue weighted by Gasteiger charge is -2.23. The first-order valence-electron chi connectivity index (χ1n) is 6.86. The minimum absolute atomic E-state index is 1.01. The molecule has 2 aliphatic carbocycles. The zero-order valence-corrected chi connectivity index (χ0v) is 9.80. The molecule has 0 aromatic heterocycles. The van der Waals surface area contributed by atoms with Crippen molar-refractivity contribution >= 4 is 0 Å². The Bertz CT molecular complexity index is 161. The van der Waals surface area contributed by atoms with Crippen LogP contribution in [0.3, 0.4) is 0 Å². The summed E-state index contributed by atoms with van der Waals surface area (Å²) in [6, 6.07) is 0. The number of hydrogen-bond acceptors (Lipinski definition) is 0. The first kappa shape index (κ1) is 10.5. The SMILES string of the molecule is CC1CCCCCC2CCCC2CC1. The lowest BCUT2D eigenvalue weighted by Crippen LogP contribution is -2.11. The van der Waals surface area contributed by atoms with Gasteiger partial charge in [0.1, 0.15) is 0 Å². The van der Waals surface area contributed by atoms with Gasteiger partial charge in [-0.25, -0.2) is 0 Å². The van der Waals surface area contributed by atoms with Crippen molar-refractivity contribution in [1.82, 2.24) is 0 Å². The molecule has 0 N–H and O–H groups in total. The second-order valence-corrected chi connectivity index (χ2v) is 5.77. The molecule has 0 aliphatic heterocycles. The van der Waals surface area contributed by atoms with Crippen molar-refractivity contribution in [3.63, 3.8) is 0 Å². The predicted molar refractivity (Wildman–Crippen MR) is 62.3 cm³/mol. The highest BCUT2D eigenvalue weighted by Gasteiger charge is 2.27. The predicted octanol–water partition coefficient (Wildman–Crippen LogP) is 4.78. The fourth-order valence-electron chi connectivity index (χ4n) is 3.59. The standard InChI is InChI=1S/C14H26/c1-12-6-3-2-4-7-13-8-5-9-14(13)11-10-12/h12-14H,2-11H2,1H3. The second kappa shape index (κ2) is 5.19. The third-order valence-electron chi connectivity index (χ3n) is 4.62. The van der Waals surface area contributed by atoms with Gasteiger partial charge in [-0.05, 0) is 24.2 Å². The van der Waals surface area contributed by atoms with E-state index >= 15 is 0 Å². The van der Waals surface area contributed by atoms with Gasteiger partial charge in [0.25, 0.3) is 0 Å². The third kappa shape index (κ3) is 2.74. The summed E-state index contributed by atoms with van der Waals surface area (Å²) in [5, 5.41) is 0. The highest BCUT2D eigenvalue weighted by Crippen LogP contribution is 2.39. The molecule has 2 fully saturated rings. The van der Waals surface area contributed by atoms with Gasteiger partial charge >= 0.3 is 0 Å². The summed E-state index contributed by atoms with van der Waals surface area (Å²) < 4.78 is 0. The molecule has 3 atom stereocenters. The summed E-state index contributed by atoms with van der Waals surface area (Å²) in [7, 11) is 0. The van der Waals surface area contributed by atoms with E-state index in [2.05, 4.69) is 6.92 Å². The minimum atomic E-state index is 1.01. The topological polar surface area (TPSA) is 0 Å². The van der Waals surface area contributed by atoms with E-state index in [-0.39, 0.29) is 0 Å². The van der Waals surface area contributed by atoms with Crippen LogP contribution in [0.25, 0.3) is 0 Å². The second-order valence-electron chi connectivity index (χ2n) is 5.77. The van der Waals surface area contributed by atoms with Crippen LogP contribution in [0, 0.1) is 17.8 Å². The fourth-order valence-corrected chi connectivity index (χ4v) is 3.59. The van der Waals surface area contributed by atoms with E-state index in [0.717, 1.165) is 17.8 Å². The van der Waals surface area contributed by atoms with E-state index in [9.17, 15) is 0 Å². The van der Waals surface area contributed by atoms with Gasteiger partial charge in [0.15, 0.2) is 0 Å². The summed E-state index contributed by atoms with van der Waals surface area (Å²) in [6.45, 7) is 2.46. The molecule has 0 heteroatoms. The lowest BCUT2D eigenvalue weighted by molar-refractivity contribution is 0.287. The molecule has 0 aromatic carbocycles. The molecule has 3 unspecified atom stereocenters. The molecule has 0 saturated heterocycles. The Kier molecular flexibility index (Phi) is 3.89. The molecule has 14 heavy (non-hydrogen) atoms. The summed E-state index contributed by atoms with van der Waals surface area (Å²) in [4.78, 5) is 0. The van der Waals surface area contributed by atoms with Gasteiger partial charge in [-0.2, -0.15) is 0 Å². The molecular formula is C14H26. The van der Waals surface area contributed by atoms with E-state index in [0.29, 0.717) is 0 Å². The number of fused-ring (bicyclic) bond motifs is 1. The summed E-state index contributed by atoms with van der Waals surface area (Å²) in [6.07, 6.45) is 15.3. The zero-order valence-electron chi connectivity index (χ0n) is 9.80. The van der Waals surface area contributed by atoms with Gasteiger partial charge < -0.3 is 0 Å². The Morgan fingerprint density at radius 3 is 2.07 bits per heavy atom. The molecule has 82 valence electrons. The first-order chi connectivity index (χ1) is 6.86. The number of rotatable bonds is 0. The minimum Gasteiger partial charge on any atom is -0.0625 e. The van der Waals surface area contributed by atoms with Crippen molar-refractivity contribution in [1.29, 1.82) is 0 Å². The van der Waals surface area contributed by atoms with Gasteiger partial charge in [0.2, 0.25) is 0 Å².